The first kappa shape index (κ1) is 44.5. The molecule has 8 nitrogen and oxygen atoms in total. The van der Waals surface area contributed by atoms with E-state index in [0.29, 0.717) is 12.8 Å². The minimum Gasteiger partial charge on any atom is -0.394 e. The molecular formula is C40H76FNO7. The minimum absolute atomic E-state index is 0.118. The minimum atomic E-state index is -1.55. The van der Waals surface area contributed by atoms with E-state index in [0.717, 1.165) is 44.4 Å². The van der Waals surface area contributed by atoms with Crippen LogP contribution in [0.3, 0.4) is 0 Å². The Bertz CT molecular complexity index is 797. The van der Waals surface area contributed by atoms with Crippen LogP contribution in [0.4, 0.5) is 4.39 Å². The van der Waals surface area contributed by atoms with E-state index >= 15 is 4.39 Å². The van der Waals surface area contributed by atoms with Crippen molar-refractivity contribution in [3.63, 3.8) is 0 Å². The normalized spacial score (nSPS) is 26.0. The Morgan fingerprint density at radius 1 is 0.776 bits per heavy atom. The highest BCUT2D eigenvalue weighted by molar-refractivity contribution is 4.99. The van der Waals surface area contributed by atoms with Crippen LogP contribution in [0.1, 0.15) is 167 Å². The van der Waals surface area contributed by atoms with Crippen molar-refractivity contribution in [3.05, 3.63) is 11.9 Å². The van der Waals surface area contributed by atoms with Gasteiger partial charge in [-0.2, -0.15) is 0 Å². The smallest absolute Gasteiger partial charge is 0.186 e. The van der Waals surface area contributed by atoms with E-state index in [1.165, 1.54) is 128 Å². The fourth-order valence-corrected chi connectivity index (χ4v) is 7.33. The lowest BCUT2D eigenvalue weighted by atomic mass is 9.95. The van der Waals surface area contributed by atoms with Crippen molar-refractivity contribution in [3.8, 4) is 0 Å². The number of ether oxygens (including phenoxy) is 2. The maximum absolute atomic E-state index is 15.1. The molecule has 0 aromatic heterocycles. The molecule has 9 heteroatoms. The number of nitrogens with one attached hydrogen (secondary N) is 1. The van der Waals surface area contributed by atoms with Gasteiger partial charge in [0.05, 0.1) is 25.1 Å². The van der Waals surface area contributed by atoms with Crippen molar-refractivity contribution in [1.29, 1.82) is 0 Å². The van der Waals surface area contributed by atoms with Crippen LogP contribution in [0.2, 0.25) is 0 Å². The van der Waals surface area contributed by atoms with Crippen LogP contribution < -0.4 is 5.32 Å². The van der Waals surface area contributed by atoms with E-state index < -0.39 is 49.3 Å². The van der Waals surface area contributed by atoms with Crippen LogP contribution in [0.15, 0.2) is 11.9 Å². The molecule has 2 aliphatic heterocycles. The van der Waals surface area contributed by atoms with E-state index in [9.17, 15) is 25.5 Å². The molecule has 0 aliphatic carbocycles. The number of hydrogen-bond acceptors (Lipinski definition) is 8. The van der Waals surface area contributed by atoms with Crippen LogP contribution in [-0.4, -0.2) is 88.6 Å². The summed E-state index contributed by atoms with van der Waals surface area (Å²) in [7, 11) is 0. The summed E-state index contributed by atoms with van der Waals surface area (Å²) in [4.78, 5) is 0. The third-order valence-corrected chi connectivity index (χ3v) is 10.7. The van der Waals surface area contributed by atoms with Crippen molar-refractivity contribution in [2.24, 2.45) is 11.8 Å². The number of hydrogen-bond donors (Lipinski definition) is 6. The molecule has 2 rings (SSSR count). The summed E-state index contributed by atoms with van der Waals surface area (Å²) in [5.74, 6) is -0.0416. The second-order valence-electron chi connectivity index (χ2n) is 15.1. The number of unbranched alkanes of at least 4 members (excludes halogenated alkanes) is 19. The number of aliphatic hydroxyl groups excluding tert-OH is 5. The van der Waals surface area contributed by atoms with Gasteiger partial charge in [0.1, 0.15) is 24.4 Å². The molecule has 2 saturated heterocycles. The summed E-state index contributed by atoms with van der Waals surface area (Å²) in [5.41, 5.74) is 0. The lowest BCUT2D eigenvalue weighted by Gasteiger charge is -2.40. The molecule has 0 aromatic carbocycles. The first-order chi connectivity index (χ1) is 23.9. The van der Waals surface area contributed by atoms with Gasteiger partial charge in [-0.1, -0.05) is 135 Å². The monoisotopic (exact) mass is 702 g/mol. The molecule has 0 radical (unpaired) electrons. The number of halogens is 1. The quantitative estimate of drug-likeness (QED) is 0.0407. The molecule has 8 unspecified atom stereocenters. The molecule has 0 amide bonds. The Balaban J connectivity index is 1.70. The van der Waals surface area contributed by atoms with E-state index in [1.54, 1.807) is 0 Å². The Labute approximate surface area is 298 Å². The Morgan fingerprint density at radius 2 is 1.33 bits per heavy atom. The van der Waals surface area contributed by atoms with E-state index in [-0.39, 0.29) is 12.4 Å². The third kappa shape index (κ3) is 20.2. The fourth-order valence-electron chi connectivity index (χ4n) is 7.33. The molecule has 0 aromatic rings. The maximum atomic E-state index is 15.1. The number of aliphatic hydroxyl groups is 5. The van der Waals surface area contributed by atoms with Gasteiger partial charge in [0.15, 0.2) is 6.29 Å². The summed E-state index contributed by atoms with van der Waals surface area (Å²) in [6, 6.07) is 0. The molecule has 8 atom stereocenters. The Kier molecular flexibility index (Phi) is 26.2. The van der Waals surface area contributed by atoms with Gasteiger partial charge in [0.25, 0.3) is 0 Å². The molecule has 6 N–H and O–H groups in total. The molecule has 0 spiro atoms. The molecule has 2 aliphatic rings. The first-order valence-corrected chi connectivity index (χ1v) is 20.5. The van der Waals surface area contributed by atoms with Crippen molar-refractivity contribution < 1.29 is 39.4 Å². The molecule has 2 fully saturated rings. The van der Waals surface area contributed by atoms with E-state index in [4.69, 9.17) is 9.47 Å². The fraction of sp³-hybridized carbons (Fsp3) is 0.950. The summed E-state index contributed by atoms with van der Waals surface area (Å²) >= 11 is 0. The highest BCUT2D eigenvalue weighted by atomic mass is 19.1. The predicted octanol–water partition coefficient (Wildman–Crippen LogP) is 7.63. The summed E-state index contributed by atoms with van der Waals surface area (Å²) in [6.07, 6.45) is 22.4. The second kappa shape index (κ2) is 28.9. The number of allylic oxidation sites excluding steroid dienone is 1. The zero-order valence-electron chi connectivity index (χ0n) is 31.1. The average molecular weight is 702 g/mol. The largest absolute Gasteiger partial charge is 0.394 e. The van der Waals surface area contributed by atoms with Crippen LogP contribution >= 0.6 is 0 Å². The lowest BCUT2D eigenvalue weighted by Crippen LogP contribution is -2.59. The highest BCUT2D eigenvalue weighted by Crippen LogP contribution is 2.26. The van der Waals surface area contributed by atoms with Gasteiger partial charge in [-0.15, -0.1) is 0 Å². The van der Waals surface area contributed by atoms with Gasteiger partial charge >= 0.3 is 0 Å². The predicted molar refractivity (Wildman–Crippen MR) is 196 cm³/mol. The van der Waals surface area contributed by atoms with Gasteiger partial charge in [0, 0.05) is 5.92 Å². The molecular weight excluding hydrogens is 625 g/mol. The van der Waals surface area contributed by atoms with Crippen LogP contribution in [0.25, 0.3) is 0 Å². The Morgan fingerprint density at radius 3 is 1.88 bits per heavy atom. The summed E-state index contributed by atoms with van der Waals surface area (Å²) < 4.78 is 26.3. The van der Waals surface area contributed by atoms with Crippen LogP contribution in [0, 0.1) is 11.8 Å². The summed E-state index contributed by atoms with van der Waals surface area (Å²) in [6.45, 7) is 3.95. The van der Waals surface area contributed by atoms with E-state index in [2.05, 4.69) is 12.2 Å². The topological polar surface area (TPSA) is 132 Å². The van der Waals surface area contributed by atoms with Gasteiger partial charge < -0.3 is 40.3 Å². The number of rotatable bonds is 31. The average Bonchev–Trinajstić information content (AvgIpc) is 3.62. The summed E-state index contributed by atoms with van der Waals surface area (Å²) in [5, 5.41) is 54.6. The van der Waals surface area contributed by atoms with Crippen molar-refractivity contribution in [2.75, 3.05) is 26.3 Å². The van der Waals surface area contributed by atoms with Crippen LogP contribution in [0.5, 0.6) is 0 Å². The van der Waals surface area contributed by atoms with Crippen molar-refractivity contribution in [2.45, 2.75) is 204 Å². The standard InChI is InChI=1S/C40H76FNO7/c1-2-3-4-5-6-7-8-9-10-11-16-19-22-25-35(44)33(31-48-40-39(47)38(46)37(45)36(30-43)49-40)28-34(41)24-21-18-15-13-12-14-17-20-23-32-26-27-42-29-32/h28,32-33,35-40,42-47H,2-27,29-31H2,1H3/b34-28+. The highest BCUT2D eigenvalue weighted by Gasteiger charge is 2.44. The third-order valence-electron chi connectivity index (χ3n) is 10.7. The first-order valence-electron chi connectivity index (χ1n) is 20.5. The molecule has 0 saturated carbocycles. The van der Waals surface area contributed by atoms with Gasteiger partial charge in [-0.05, 0) is 57.2 Å². The van der Waals surface area contributed by atoms with Gasteiger partial charge in [-0.25, -0.2) is 4.39 Å². The Hall–Kier alpha value is -0.650. The zero-order valence-corrected chi connectivity index (χ0v) is 31.1. The molecule has 0 bridgehead atoms. The maximum Gasteiger partial charge on any atom is 0.186 e. The van der Waals surface area contributed by atoms with E-state index in [1.807, 2.05) is 0 Å². The second-order valence-corrected chi connectivity index (χ2v) is 15.1. The van der Waals surface area contributed by atoms with Gasteiger partial charge in [0.2, 0.25) is 0 Å². The molecule has 290 valence electrons. The molecule has 49 heavy (non-hydrogen) atoms. The lowest BCUT2D eigenvalue weighted by molar-refractivity contribution is -0.303. The van der Waals surface area contributed by atoms with Gasteiger partial charge in [-0.3, -0.25) is 0 Å². The van der Waals surface area contributed by atoms with Crippen molar-refractivity contribution >= 4 is 0 Å². The SMILES string of the molecule is CCCCCCCCCCCCCCCC(O)C(/C=C(/F)CCCCCCCCCCC1CCNC1)COC1OC(CO)C(O)C(O)C1O. The zero-order chi connectivity index (χ0) is 35.5. The molecule has 2 heterocycles. The van der Waals surface area contributed by atoms with Crippen molar-refractivity contribution in [1.82, 2.24) is 5.32 Å². The van der Waals surface area contributed by atoms with Crippen LogP contribution in [-0.2, 0) is 9.47 Å².